The Morgan fingerprint density at radius 2 is 2.22 bits per heavy atom. The third kappa shape index (κ3) is 3.88. The van der Waals surface area contributed by atoms with Gasteiger partial charge in [-0.1, -0.05) is 19.9 Å². The van der Waals surface area contributed by atoms with E-state index in [1.165, 1.54) is 12.8 Å². The molecule has 0 fully saturated rings. The smallest absolute Gasteiger partial charge is 0.0909 e. The van der Waals surface area contributed by atoms with Gasteiger partial charge >= 0.3 is 0 Å². The Balaban J connectivity index is 3.27. The second-order valence-corrected chi connectivity index (χ2v) is 2.27. The number of nitrogens with zero attached hydrogens (tertiary/aromatic N) is 1. The zero-order valence-electron chi connectivity index (χ0n) is 6.35. The molecule has 9 heavy (non-hydrogen) atoms. The fourth-order valence-corrected chi connectivity index (χ4v) is 0.539. The maximum absolute atomic E-state index is 5.41. The molecule has 0 spiro atoms. The van der Waals surface area contributed by atoms with Crippen molar-refractivity contribution in [3.63, 3.8) is 0 Å². The minimum absolute atomic E-state index is 0.656. The Kier molecular flexibility index (Phi) is 3.93. The van der Waals surface area contributed by atoms with Crippen molar-refractivity contribution in [1.29, 1.82) is 0 Å². The van der Waals surface area contributed by atoms with Gasteiger partial charge in [0.2, 0.25) is 0 Å². The van der Waals surface area contributed by atoms with Gasteiger partial charge in [-0.05, 0) is 6.42 Å². The van der Waals surface area contributed by atoms with Gasteiger partial charge in [0.1, 0.15) is 0 Å². The Bertz CT molecular complexity index is 88.9. The fourth-order valence-electron chi connectivity index (χ4n) is 0.539. The van der Waals surface area contributed by atoms with Crippen LogP contribution >= 0.6 is 0 Å². The first-order valence-corrected chi connectivity index (χ1v) is 3.34. The number of nitrogens with two attached hydrogens (primary N) is 1. The van der Waals surface area contributed by atoms with Crippen molar-refractivity contribution < 1.29 is 0 Å². The van der Waals surface area contributed by atoms with Crippen LogP contribution in [0.15, 0.2) is 12.4 Å². The van der Waals surface area contributed by atoms with Crippen LogP contribution in [-0.4, -0.2) is 18.5 Å². The molecule has 2 N–H and O–H groups in total. The van der Waals surface area contributed by atoms with E-state index in [2.05, 4.69) is 13.5 Å². The van der Waals surface area contributed by atoms with Crippen LogP contribution in [0.4, 0.5) is 0 Å². The van der Waals surface area contributed by atoms with E-state index in [0.717, 1.165) is 6.54 Å². The maximum Gasteiger partial charge on any atom is 0.0909 e. The van der Waals surface area contributed by atoms with E-state index < -0.39 is 0 Å². The van der Waals surface area contributed by atoms with Crippen LogP contribution in [-0.2, 0) is 0 Å². The van der Waals surface area contributed by atoms with Crippen LogP contribution in [0.25, 0.3) is 0 Å². The lowest BCUT2D eigenvalue weighted by atomic mass is 10.3. The molecule has 0 bridgehead atoms. The lowest BCUT2D eigenvalue weighted by Crippen LogP contribution is -2.23. The van der Waals surface area contributed by atoms with E-state index in [0.29, 0.717) is 5.82 Å². The second-order valence-electron chi connectivity index (χ2n) is 2.27. The molecule has 0 aliphatic rings. The molecular formula is C7H16N2. The molecule has 2 heteroatoms. The molecule has 0 atom stereocenters. The van der Waals surface area contributed by atoms with Crippen molar-refractivity contribution in [3.05, 3.63) is 12.4 Å². The molecule has 0 heterocycles. The molecule has 0 aliphatic heterocycles. The number of rotatable bonds is 4. The van der Waals surface area contributed by atoms with Crippen LogP contribution in [0.2, 0.25) is 0 Å². The summed E-state index contributed by atoms with van der Waals surface area (Å²) in [6.07, 6.45) is 2.39. The molecule has 0 aromatic carbocycles. The summed E-state index contributed by atoms with van der Waals surface area (Å²) in [6.45, 7) is 6.79. The monoisotopic (exact) mass is 128 g/mol. The summed E-state index contributed by atoms with van der Waals surface area (Å²) in [5.41, 5.74) is 5.41. The van der Waals surface area contributed by atoms with Crippen molar-refractivity contribution in [2.75, 3.05) is 13.6 Å². The van der Waals surface area contributed by atoms with E-state index >= 15 is 0 Å². The lowest BCUT2D eigenvalue weighted by molar-refractivity contribution is 0.404. The van der Waals surface area contributed by atoms with Gasteiger partial charge in [0.05, 0.1) is 5.82 Å². The topological polar surface area (TPSA) is 29.3 Å². The summed E-state index contributed by atoms with van der Waals surface area (Å²) in [5, 5.41) is 0. The van der Waals surface area contributed by atoms with Crippen LogP contribution in [0.1, 0.15) is 19.8 Å². The van der Waals surface area contributed by atoms with E-state index in [-0.39, 0.29) is 0 Å². The molecule has 0 unspecified atom stereocenters. The van der Waals surface area contributed by atoms with Gasteiger partial charge in [0, 0.05) is 13.6 Å². The van der Waals surface area contributed by atoms with Crippen molar-refractivity contribution in [2.45, 2.75) is 19.8 Å². The number of hydrogen-bond acceptors (Lipinski definition) is 2. The third-order valence-electron chi connectivity index (χ3n) is 1.34. The van der Waals surface area contributed by atoms with E-state index in [9.17, 15) is 0 Å². The Labute approximate surface area is 57.3 Å². The highest BCUT2D eigenvalue weighted by atomic mass is 15.2. The molecule has 54 valence electrons. The molecule has 0 saturated carbocycles. The standard InChI is InChI=1S/C7H16N2/c1-4-5-6-9(3)7(2)8/h2,4-6,8H2,1,3H3. The SMILES string of the molecule is C=C(N)N(C)CCCC. The van der Waals surface area contributed by atoms with Gasteiger partial charge in [-0.15, -0.1) is 0 Å². The maximum atomic E-state index is 5.41. The molecule has 0 saturated heterocycles. The van der Waals surface area contributed by atoms with E-state index in [1.807, 2.05) is 11.9 Å². The number of hydrogen-bond donors (Lipinski definition) is 1. The number of unbranched alkanes of at least 4 members (excludes halogenated alkanes) is 1. The summed E-state index contributed by atoms with van der Waals surface area (Å²) in [5.74, 6) is 0.656. The zero-order chi connectivity index (χ0) is 7.28. The predicted octanol–water partition coefficient (Wildman–Crippen LogP) is 1.15. The van der Waals surface area contributed by atoms with Crippen molar-refractivity contribution in [3.8, 4) is 0 Å². The lowest BCUT2D eigenvalue weighted by Gasteiger charge is -2.16. The predicted molar refractivity (Wildman–Crippen MR) is 40.9 cm³/mol. The highest BCUT2D eigenvalue weighted by Gasteiger charge is 1.93. The fraction of sp³-hybridized carbons (Fsp3) is 0.714. The Morgan fingerprint density at radius 3 is 2.56 bits per heavy atom. The van der Waals surface area contributed by atoms with E-state index in [4.69, 9.17) is 5.73 Å². The molecule has 0 aromatic heterocycles. The summed E-state index contributed by atoms with van der Waals surface area (Å²) >= 11 is 0. The van der Waals surface area contributed by atoms with Crippen LogP contribution < -0.4 is 5.73 Å². The van der Waals surface area contributed by atoms with Crippen LogP contribution in [0.5, 0.6) is 0 Å². The highest BCUT2D eigenvalue weighted by molar-refractivity contribution is 4.83. The van der Waals surface area contributed by atoms with Gasteiger partial charge in [0.25, 0.3) is 0 Å². The summed E-state index contributed by atoms with van der Waals surface area (Å²) in [6, 6.07) is 0. The Hall–Kier alpha value is -0.660. The normalized spacial score (nSPS) is 9.11. The van der Waals surface area contributed by atoms with Crippen molar-refractivity contribution in [2.24, 2.45) is 5.73 Å². The highest BCUT2D eigenvalue weighted by Crippen LogP contribution is 1.93. The minimum Gasteiger partial charge on any atom is -0.386 e. The molecule has 0 radical (unpaired) electrons. The molecule has 0 rings (SSSR count). The van der Waals surface area contributed by atoms with Crippen molar-refractivity contribution >= 4 is 0 Å². The van der Waals surface area contributed by atoms with Crippen molar-refractivity contribution in [1.82, 2.24) is 4.90 Å². The minimum atomic E-state index is 0.656. The molecular weight excluding hydrogens is 112 g/mol. The summed E-state index contributed by atoms with van der Waals surface area (Å²) < 4.78 is 0. The first-order chi connectivity index (χ1) is 4.18. The first-order valence-electron chi connectivity index (χ1n) is 3.34. The van der Waals surface area contributed by atoms with Gasteiger partial charge in [-0.25, -0.2) is 0 Å². The molecule has 0 aliphatic carbocycles. The quantitative estimate of drug-likeness (QED) is 0.615. The third-order valence-corrected chi connectivity index (χ3v) is 1.34. The average Bonchev–Trinajstić information content (AvgIpc) is 1.82. The molecule has 0 aromatic rings. The first kappa shape index (κ1) is 8.34. The Morgan fingerprint density at radius 1 is 1.67 bits per heavy atom. The van der Waals surface area contributed by atoms with Gasteiger partial charge in [-0.3, -0.25) is 0 Å². The summed E-state index contributed by atoms with van der Waals surface area (Å²) in [7, 11) is 1.96. The van der Waals surface area contributed by atoms with Crippen LogP contribution in [0, 0.1) is 0 Å². The second kappa shape index (κ2) is 4.24. The molecule has 0 amide bonds. The van der Waals surface area contributed by atoms with Gasteiger partial charge in [-0.2, -0.15) is 0 Å². The molecule has 2 nitrogen and oxygen atoms in total. The van der Waals surface area contributed by atoms with Crippen LogP contribution in [0.3, 0.4) is 0 Å². The summed E-state index contributed by atoms with van der Waals surface area (Å²) in [4.78, 5) is 1.96. The largest absolute Gasteiger partial charge is 0.386 e. The van der Waals surface area contributed by atoms with Gasteiger partial charge in [0.15, 0.2) is 0 Å². The van der Waals surface area contributed by atoms with E-state index in [1.54, 1.807) is 0 Å². The zero-order valence-corrected chi connectivity index (χ0v) is 6.35. The van der Waals surface area contributed by atoms with Gasteiger partial charge < -0.3 is 10.6 Å². The average molecular weight is 128 g/mol.